The number of anilines is 1. The van der Waals surface area contributed by atoms with Crippen molar-refractivity contribution < 1.29 is 22.7 Å². The number of hydrogen-bond acceptors (Lipinski definition) is 5. The first-order valence-electron chi connectivity index (χ1n) is 14.3. The summed E-state index contributed by atoms with van der Waals surface area (Å²) in [6, 6.07) is 17.8. The molecule has 2 unspecified atom stereocenters. The van der Waals surface area contributed by atoms with E-state index in [0.717, 1.165) is 35.2 Å². The topological polar surface area (TPSA) is 79.4 Å². The van der Waals surface area contributed by atoms with E-state index in [1.54, 1.807) is 38.4 Å². The Morgan fingerprint density at radius 2 is 1.91 bits per heavy atom. The first-order chi connectivity index (χ1) is 20.8. The molecule has 1 aliphatic carbocycles. The smallest absolute Gasteiger partial charge is 0.388 e. The number of H-pyrrole nitrogens is 1. The number of nitrogens with one attached hydrogen (secondary N) is 2. The van der Waals surface area contributed by atoms with E-state index in [0.29, 0.717) is 37.6 Å². The molecule has 0 radical (unpaired) electrons. The number of carbonyl (C=O) groups is 1. The number of allylic oxidation sites excluding steroid dienone is 6. The maximum Gasteiger partial charge on any atom is 0.416 e. The van der Waals surface area contributed by atoms with Gasteiger partial charge in [-0.2, -0.15) is 13.2 Å². The molecule has 6 nitrogen and oxygen atoms in total. The molecular formula is C34H39F3N4O2. The van der Waals surface area contributed by atoms with Crippen molar-refractivity contribution in [1.29, 1.82) is 0 Å². The Bertz CT molecular complexity index is 1390. The number of aliphatic imine (C=N–C) groups is 1. The molecule has 1 heterocycles. The summed E-state index contributed by atoms with van der Waals surface area (Å²) in [5, 5.41) is 3.09. The van der Waals surface area contributed by atoms with Crippen molar-refractivity contribution in [3.05, 3.63) is 108 Å². The number of carbonyl (C=O) groups excluding carboxylic acids is 1. The van der Waals surface area contributed by atoms with Gasteiger partial charge in [0.15, 0.2) is 6.29 Å². The summed E-state index contributed by atoms with van der Waals surface area (Å²) in [5.74, 6) is 0.234. The van der Waals surface area contributed by atoms with Gasteiger partial charge in [-0.1, -0.05) is 66.8 Å². The molecular weight excluding hydrogens is 553 g/mol. The lowest BCUT2D eigenvalue weighted by atomic mass is 9.81. The Balaban J connectivity index is 0.000000557. The van der Waals surface area contributed by atoms with Crippen molar-refractivity contribution >= 4 is 18.2 Å². The quantitative estimate of drug-likeness (QED) is 0.0957. The fourth-order valence-corrected chi connectivity index (χ4v) is 4.71. The van der Waals surface area contributed by atoms with Crippen LogP contribution in [0.2, 0.25) is 0 Å². The minimum atomic E-state index is -4.36. The van der Waals surface area contributed by atoms with E-state index in [9.17, 15) is 18.0 Å². The lowest BCUT2D eigenvalue weighted by molar-refractivity contribution is -0.105. The fourth-order valence-electron chi connectivity index (χ4n) is 4.71. The van der Waals surface area contributed by atoms with Gasteiger partial charge in [0, 0.05) is 31.5 Å². The van der Waals surface area contributed by atoms with Crippen molar-refractivity contribution in [2.75, 3.05) is 19.0 Å². The number of alkyl halides is 3. The Morgan fingerprint density at radius 1 is 1.16 bits per heavy atom. The Hall–Kier alpha value is -4.24. The summed E-state index contributed by atoms with van der Waals surface area (Å²) >= 11 is 0. The average molecular weight is 593 g/mol. The van der Waals surface area contributed by atoms with Crippen molar-refractivity contribution in [1.82, 2.24) is 9.97 Å². The lowest BCUT2D eigenvalue weighted by Gasteiger charge is -2.26. The van der Waals surface area contributed by atoms with Crippen molar-refractivity contribution in [3.8, 4) is 11.3 Å². The largest absolute Gasteiger partial charge is 0.416 e. The number of aromatic amines is 1. The second-order valence-electron chi connectivity index (χ2n) is 9.94. The second-order valence-corrected chi connectivity index (χ2v) is 9.94. The number of aromatic nitrogens is 2. The zero-order valence-electron chi connectivity index (χ0n) is 24.8. The zero-order chi connectivity index (χ0) is 31.1. The van der Waals surface area contributed by atoms with E-state index in [1.165, 1.54) is 12.2 Å². The summed E-state index contributed by atoms with van der Waals surface area (Å²) in [6.45, 7) is 4.59. The van der Waals surface area contributed by atoms with Gasteiger partial charge in [0.05, 0.1) is 29.8 Å². The minimum Gasteiger partial charge on any atom is -0.388 e. The van der Waals surface area contributed by atoms with Gasteiger partial charge in [0.2, 0.25) is 0 Å². The first kappa shape index (κ1) is 33.3. The van der Waals surface area contributed by atoms with Crippen LogP contribution in [0.4, 0.5) is 18.9 Å². The van der Waals surface area contributed by atoms with E-state index >= 15 is 0 Å². The van der Waals surface area contributed by atoms with Crippen molar-refractivity contribution in [3.63, 3.8) is 0 Å². The van der Waals surface area contributed by atoms with Crippen LogP contribution in [0.15, 0.2) is 101 Å². The van der Waals surface area contributed by atoms with Crippen molar-refractivity contribution in [2.24, 2.45) is 10.9 Å². The van der Waals surface area contributed by atoms with E-state index in [2.05, 4.69) is 20.3 Å². The summed E-state index contributed by atoms with van der Waals surface area (Å²) in [7, 11) is 1.86. The second kappa shape index (κ2) is 17.0. The first-order valence-corrected chi connectivity index (χ1v) is 14.3. The minimum absolute atomic E-state index is 0.178. The molecule has 1 aromatic heterocycles. The number of imidazole rings is 1. The molecule has 0 aliphatic heterocycles. The number of benzene rings is 2. The number of rotatable bonds is 12. The number of nitrogens with zero attached hydrogens (tertiary/aromatic N) is 2. The third-order valence-electron chi connectivity index (χ3n) is 6.98. The van der Waals surface area contributed by atoms with Gasteiger partial charge in [-0.05, 0) is 62.3 Å². The molecule has 0 saturated carbocycles. The third kappa shape index (κ3) is 10.5. The molecule has 0 bridgehead atoms. The SMILES string of the molecule is CC=N/C(C=O)=C\C.CNc1ccc(-c2cnc(C(CCCOCc3ccccc3)C3C=C(C(F)(F)F)C=CC3)[nH]2)cc1. The average Bonchev–Trinajstić information content (AvgIpc) is 3.52. The fraction of sp³-hybridized carbons (Fsp3) is 0.324. The number of ether oxygens (including phenoxy) is 1. The maximum atomic E-state index is 13.4. The van der Waals surface area contributed by atoms with E-state index in [1.807, 2.05) is 61.6 Å². The van der Waals surface area contributed by atoms with E-state index in [4.69, 9.17) is 4.74 Å². The van der Waals surface area contributed by atoms with Crippen LogP contribution in [0.25, 0.3) is 11.3 Å². The van der Waals surface area contributed by atoms with Crippen LogP contribution in [0, 0.1) is 5.92 Å². The normalized spacial score (nSPS) is 15.9. The molecule has 0 saturated heterocycles. The van der Waals surface area contributed by atoms with Crippen LogP contribution in [-0.2, 0) is 16.1 Å². The summed E-state index contributed by atoms with van der Waals surface area (Å²) < 4.78 is 46.1. The highest BCUT2D eigenvalue weighted by atomic mass is 19.4. The number of halogens is 3. The molecule has 4 rings (SSSR count). The molecule has 9 heteroatoms. The summed E-state index contributed by atoms with van der Waals surface area (Å²) in [5.41, 5.74) is 3.81. The van der Waals surface area contributed by atoms with Gasteiger partial charge in [-0.3, -0.25) is 9.79 Å². The lowest BCUT2D eigenvalue weighted by Crippen LogP contribution is -2.19. The van der Waals surface area contributed by atoms with Crippen LogP contribution in [-0.4, -0.2) is 42.3 Å². The molecule has 2 aromatic carbocycles. The predicted molar refractivity (Wildman–Crippen MR) is 167 cm³/mol. The molecule has 1 aliphatic rings. The van der Waals surface area contributed by atoms with Gasteiger partial charge in [-0.25, -0.2) is 4.98 Å². The maximum absolute atomic E-state index is 13.4. The predicted octanol–water partition coefficient (Wildman–Crippen LogP) is 8.44. The number of hydrogen-bond donors (Lipinski definition) is 2. The van der Waals surface area contributed by atoms with Gasteiger partial charge in [-0.15, -0.1) is 0 Å². The van der Waals surface area contributed by atoms with E-state index in [-0.39, 0.29) is 11.8 Å². The highest BCUT2D eigenvalue weighted by Crippen LogP contribution is 2.39. The molecule has 0 amide bonds. The van der Waals surface area contributed by atoms with Crippen LogP contribution in [0.5, 0.6) is 0 Å². The highest BCUT2D eigenvalue weighted by Gasteiger charge is 2.35. The van der Waals surface area contributed by atoms with Crippen LogP contribution < -0.4 is 5.32 Å². The molecule has 2 N–H and O–H groups in total. The van der Waals surface area contributed by atoms with Crippen LogP contribution in [0.1, 0.15) is 50.4 Å². The summed E-state index contributed by atoms with van der Waals surface area (Å²) in [4.78, 5) is 21.6. The molecule has 228 valence electrons. The Morgan fingerprint density at radius 3 is 2.51 bits per heavy atom. The van der Waals surface area contributed by atoms with Gasteiger partial charge < -0.3 is 15.0 Å². The molecule has 0 spiro atoms. The third-order valence-corrected chi connectivity index (χ3v) is 6.98. The monoisotopic (exact) mass is 592 g/mol. The molecule has 2 atom stereocenters. The van der Waals surface area contributed by atoms with Crippen LogP contribution in [0.3, 0.4) is 0 Å². The Labute approximate surface area is 251 Å². The van der Waals surface area contributed by atoms with Gasteiger partial charge in [0.25, 0.3) is 0 Å². The summed E-state index contributed by atoms with van der Waals surface area (Å²) in [6.07, 6.45) is 7.45. The standard InChI is InChI=1S/C28H30F3N3O.C6H9NO/c1-32-24-14-12-21(13-15-24)26-18-33-27(34-26)25(22-9-5-10-23(17-22)28(29,30)31)11-6-16-35-19-20-7-3-2-4-8-20;1-3-6(5-8)7-4-2/h2-5,7-8,10,12-15,17-18,22,25,32H,6,9,11,16,19H2,1H3,(H,33,34);3-5H,1-2H3/b;6-3-,7-4?. The molecule has 0 fully saturated rings. The zero-order valence-corrected chi connectivity index (χ0v) is 24.8. The Kier molecular flexibility index (Phi) is 13.2. The molecule has 3 aromatic rings. The van der Waals surface area contributed by atoms with Crippen molar-refractivity contribution in [2.45, 2.75) is 51.8 Å². The van der Waals surface area contributed by atoms with Gasteiger partial charge >= 0.3 is 6.18 Å². The molecule has 43 heavy (non-hydrogen) atoms. The van der Waals surface area contributed by atoms with Gasteiger partial charge in [0.1, 0.15) is 5.82 Å². The van der Waals surface area contributed by atoms with Crippen LogP contribution >= 0.6 is 0 Å². The number of aldehydes is 1. The van der Waals surface area contributed by atoms with E-state index < -0.39 is 11.7 Å². The highest BCUT2D eigenvalue weighted by molar-refractivity contribution is 5.75.